The third kappa shape index (κ3) is 2.72. The number of likely N-dealkylation sites (tertiary alicyclic amines) is 1. The van der Waals surface area contributed by atoms with Crippen molar-refractivity contribution in [2.75, 3.05) is 19.6 Å². The van der Waals surface area contributed by atoms with Crippen molar-refractivity contribution in [2.45, 2.75) is 31.7 Å². The van der Waals surface area contributed by atoms with Crippen molar-refractivity contribution < 1.29 is 14.7 Å². The highest BCUT2D eigenvalue weighted by Crippen LogP contribution is 2.26. The van der Waals surface area contributed by atoms with Crippen LogP contribution in [0.3, 0.4) is 0 Å². The maximum atomic E-state index is 11.7. The first-order valence-corrected chi connectivity index (χ1v) is 5.89. The fourth-order valence-corrected chi connectivity index (χ4v) is 2.27. The van der Waals surface area contributed by atoms with Gasteiger partial charge in [0, 0.05) is 25.0 Å². The highest BCUT2D eigenvalue weighted by atomic mass is 16.4. The fourth-order valence-electron chi connectivity index (χ4n) is 2.27. The van der Waals surface area contributed by atoms with Gasteiger partial charge in [0.2, 0.25) is 5.91 Å². The molecular formula is C11H18N2O3. The quantitative estimate of drug-likeness (QED) is 0.711. The van der Waals surface area contributed by atoms with Crippen LogP contribution < -0.4 is 5.32 Å². The van der Waals surface area contributed by atoms with E-state index in [1.165, 1.54) is 0 Å². The largest absolute Gasteiger partial charge is 0.480 e. The minimum absolute atomic E-state index is 0.0792. The lowest BCUT2D eigenvalue weighted by atomic mass is 9.84. The van der Waals surface area contributed by atoms with E-state index in [4.69, 9.17) is 5.11 Å². The molecule has 90 valence electrons. The van der Waals surface area contributed by atoms with Crippen molar-refractivity contribution >= 4 is 11.9 Å². The molecule has 5 nitrogen and oxygen atoms in total. The molecule has 0 unspecified atom stereocenters. The molecule has 2 aliphatic rings. The zero-order chi connectivity index (χ0) is 11.5. The first kappa shape index (κ1) is 11.4. The molecule has 0 aromatic carbocycles. The minimum atomic E-state index is -0.800. The summed E-state index contributed by atoms with van der Waals surface area (Å²) in [4.78, 5) is 24.1. The van der Waals surface area contributed by atoms with Crippen LogP contribution in [0.25, 0.3) is 0 Å². The number of hydrogen-bond acceptors (Lipinski definition) is 3. The Hall–Kier alpha value is -1.10. The Labute approximate surface area is 94.8 Å². The van der Waals surface area contributed by atoms with E-state index in [2.05, 4.69) is 5.32 Å². The van der Waals surface area contributed by atoms with E-state index in [0.29, 0.717) is 6.54 Å². The second kappa shape index (κ2) is 4.82. The zero-order valence-electron chi connectivity index (χ0n) is 9.32. The fraction of sp³-hybridized carbons (Fsp3) is 0.818. The molecule has 1 atom stereocenters. The molecule has 0 spiro atoms. The monoisotopic (exact) mass is 226 g/mol. The van der Waals surface area contributed by atoms with Crippen LogP contribution >= 0.6 is 0 Å². The number of hydrogen-bond donors (Lipinski definition) is 2. The smallest absolute Gasteiger partial charge is 0.317 e. The third-order valence-electron chi connectivity index (χ3n) is 3.45. The van der Waals surface area contributed by atoms with E-state index in [1.54, 1.807) is 0 Å². The number of carboxylic acids is 1. The number of rotatable bonds is 4. The summed E-state index contributed by atoms with van der Waals surface area (Å²) in [6, 6.07) is 0.146. The normalized spacial score (nSPS) is 26.4. The molecule has 2 N–H and O–H groups in total. The van der Waals surface area contributed by atoms with Crippen molar-refractivity contribution in [1.82, 2.24) is 10.2 Å². The summed E-state index contributed by atoms with van der Waals surface area (Å²) in [5.74, 6) is -0.423. The lowest BCUT2D eigenvalue weighted by molar-refractivity contribution is -0.138. The van der Waals surface area contributed by atoms with Gasteiger partial charge in [-0.25, -0.2) is 0 Å². The van der Waals surface area contributed by atoms with Crippen LogP contribution in [-0.4, -0.2) is 47.6 Å². The van der Waals surface area contributed by atoms with E-state index in [9.17, 15) is 9.59 Å². The van der Waals surface area contributed by atoms with E-state index in [-0.39, 0.29) is 24.4 Å². The summed E-state index contributed by atoms with van der Waals surface area (Å²) < 4.78 is 0. The lowest BCUT2D eigenvalue weighted by Gasteiger charge is -2.26. The van der Waals surface area contributed by atoms with Gasteiger partial charge in [0.05, 0.1) is 6.54 Å². The van der Waals surface area contributed by atoms with Crippen LogP contribution in [0, 0.1) is 5.92 Å². The maximum Gasteiger partial charge on any atom is 0.317 e. The third-order valence-corrected chi connectivity index (χ3v) is 3.45. The summed E-state index contributed by atoms with van der Waals surface area (Å²) >= 11 is 0. The molecule has 1 aliphatic carbocycles. The molecule has 0 radical (unpaired) electrons. The minimum Gasteiger partial charge on any atom is -0.480 e. The molecule has 16 heavy (non-hydrogen) atoms. The van der Waals surface area contributed by atoms with Crippen LogP contribution in [0.1, 0.15) is 25.7 Å². The number of amides is 1. The average molecular weight is 226 g/mol. The van der Waals surface area contributed by atoms with Gasteiger partial charge in [-0.1, -0.05) is 6.42 Å². The average Bonchev–Trinajstić information content (AvgIpc) is 2.47. The summed E-state index contributed by atoms with van der Waals surface area (Å²) in [6.45, 7) is 1.52. The van der Waals surface area contributed by atoms with Gasteiger partial charge < -0.3 is 10.4 Å². The zero-order valence-corrected chi connectivity index (χ0v) is 9.32. The van der Waals surface area contributed by atoms with Crippen molar-refractivity contribution in [3.63, 3.8) is 0 Å². The highest BCUT2D eigenvalue weighted by Gasteiger charge is 2.30. The number of nitrogens with one attached hydrogen (secondary N) is 1. The first-order valence-electron chi connectivity index (χ1n) is 5.89. The molecule has 5 heteroatoms. The summed E-state index contributed by atoms with van der Waals surface area (Å²) in [5, 5.41) is 11.7. The van der Waals surface area contributed by atoms with Gasteiger partial charge in [-0.15, -0.1) is 0 Å². The van der Waals surface area contributed by atoms with Crippen LogP contribution in [-0.2, 0) is 9.59 Å². The number of carbonyl (C=O) groups is 2. The Balaban J connectivity index is 1.71. The SMILES string of the molecule is O=C(O)CN1CC[C@H](NC(=O)C2CCC2)C1. The van der Waals surface area contributed by atoms with E-state index in [0.717, 1.165) is 32.2 Å². The van der Waals surface area contributed by atoms with Crippen LogP contribution in [0.15, 0.2) is 0 Å². The van der Waals surface area contributed by atoms with Crippen LogP contribution in [0.2, 0.25) is 0 Å². The van der Waals surface area contributed by atoms with E-state index in [1.807, 2.05) is 4.90 Å². The molecule has 1 heterocycles. The van der Waals surface area contributed by atoms with Crippen LogP contribution in [0.4, 0.5) is 0 Å². The molecule has 1 saturated carbocycles. The Morgan fingerprint density at radius 2 is 2.06 bits per heavy atom. The predicted octanol–water partition coefficient (Wildman–Crippen LogP) is 0.0616. The van der Waals surface area contributed by atoms with E-state index < -0.39 is 5.97 Å². The van der Waals surface area contributed by atoms with Gasteiger partial charge in [-0.2, -0.15) is 0 Å². The van der Waals surface area contributed by atoms with Gasteiger partial charge in [-0.05, 0) is 19.3 Å². The predicted molar refractivity (Wildman–Crippen MR) is 58.0 cm³/mol. The first-order chi connectivity index (χ1) is 7.65. The number of aliphatic carboxylic acids is 1. The number of carbonyl (C=O) groups excluding carboxylic acids is 1. The highest BCUT2D eigenvalue weighted by molar-refractivity contribution is 5.79. The molecule has 1 amide bonds. The topological polar surface area (TPSA) is 69.6 Å². The maximum absolute atomic E-state index is 11.7. The Kier molecular flexibility index (Phi) is 3.43. The molecular weight excluding hydrogens is 208 g/mol. The van der Waals surface area contributed by atoms with Gasteiger partial charge in [0.15, 0.2) is 0 Å². The van der Waals surface area contributed by atoms with Crippen molar-refractivity contribution in [2.24, 2.45) is 5.92 Å². The second-order valence-electron chi connectivity index (χ2n) is 4.75. The molecule has 0 bridgehead atoms. The molecule has 2 fully saturated rings. The second-order valence-corrected chi connectivity index (χ2v) is 4.75. The van der Waals surface area contributed by atoms with Crippen molar-refractivity contribution in [1.29, 1.82) is 0 Å². The van der Waals surface area contributed by atoms with Gasteiger partial charge in [0.25, 0.3) is 0 Å². The Bertz CT molecular complexity index is 289. The lowest BCUT2D eigenvalue weighted by Crippen LogP contribution is -2.42. The van der Waals surface area contributed by atoms with Crippen molar-refractivity contribution in [3.05, 3.63) is 0 Å². The summed E-state index contributed by atoms with van der Waals surface area (Å²) in [7, 11) is 0. The van der Waals surface area contributed by atoms with Gasteiger partial charge >= 0.3 is 5.97 Å². The Morgan fingerprint density at radius 1 is 1.31 bits per heavy atom. The molecule has 1 saturated heterocycles. The van der Waals surface area contributed by atoms with Gasteiger partial charge in [0.1, 0.15) is 0 Å². The summed E-state index contributed by atoms with van der Waals surface area (Å²) in [5.41, 5.74) is 0. The molecule has 0 aromatic heterocycles. The van der Waals surface area contributed by atoms with Gasteiger partial charge in [-0.3, -0.25) is 14.5 Å². The Morgan fingerprint density at radius 3 is 2.62 bits per heavy atom. The van der Waals surface area contributed by atoms with Crippen LogP contribution in [0.5, 0.6) is 0 Å². The summed E-state index contributed by atoms with van der Waals surface area (Å²) in [6.07, 6.45) is 4.05. The van der Waals surface area contributed by atoms with Crippen molar-refractivity contribution in [3.8, 4) is 0 Å². The molecule has 1 aliphatic heterocycles. The molecule has 2 rings (SSSR count). The van der Waals surface area contributed by atoms with E-state index >= 15 is 0 Å². The number of carboxylic acid groups (broad SMARTS) is 1. The number of nitrogens with zero attached hydrogens (tertiary/aromatic N) is 1. The molecule has 0 aromatic rings. The standard InChI is InChI=1S/C11H18N2O3/c14-10(15)7-13-5-4-9(6-13)12-11(16)8-2-1-3-8/h8-9H,1-7H2,(H,12,16)(H,14,15)/t9-/m0/s1.